The number of nitrogens with one attached hydrogen (secondary N) is 1. The summed E-state index contributed by atoms with van der Waals surface area (Å²) in [5.74, 6) is 1.66. The van der Waals surface area contributed by atoms with Gasteiger partial charge in [0, 0.05) is 16.5 Å². The normalized spacial score (nSPS) is 10.4. The average molecular weight is 413 g/mol. The Kier molecular flexibility index (Phi) is 7.08. The minimum Gasteiger partial charge on any atom is -0.494 e. The molecule has 6 nitrogen and oxygen atoms in total. The van der Waals surface area contributed by atoms with E-state index in [0.717, 1.165) is 36.5 Å². The SMILES string of the molecule is CCCCOc1ccc(-c2csc(NC(=O)c3ccc(OC)c(OC)c3)n2)cc1. The summed E-state index contributed by atoms with van der Waals surface area (Å²) in [5.41, 5.74) is 2.24. The number of hydrogen-bond donors (Lipinski definition) is 1. The van der Waals surface area contributed by atoms with Gasteiger partial charge in [-0.1, -0.05) is 13.3 Å². The van der Waals surface area contributed by atoms with E-state index in [0.29, 0.717) is 22.2 Å². The lowest BCUT2D eigenvalue weighted by atomic mass is 10.2. The van der Waals surface area contributed by atoms with Crippen LogP contribution in [0.3, 0.4) is 0 Å². The highest BCUT2D eigenvalue weighted by Gasteiger charge is 2.13. The number of ether oxygens (including phenoxy) is 3. The van der Waals surface area contributed by atoms with E-state index in [9.17, 15) is 4.79 Å². The quantitative estimate of drug-likeness (QED) is 0.486. The summed E-state index contributed by atoms with van der Waals surface area (Å²) >= 11 is 1.38. The first-order valence-electron chi connectivity index (χ1n) is 9.36. The largest absolute Gasteiger partial charge is 0.494 e. The van der Waals surface area contributed by atoms with Gasteiger partial charge >= 0.3 is 0 Å². The highest BCUT2D eigenvalue weighted by atomic mass is 32.1. The second kappa shape index (κ2) is 9.93. The Hall–Kier alpha value is -3.06. The number of nitrogens with zero attached hydrogens (tertiary/aromatic N) is 1. The molecule has 3 aromatic rings. The second-order valence-electron chi connectivity index (χ2n) is 6.29. The first-order chi connectivity index (χ1) is 14.1. The van der Waals surface area contributed by atoms with Crippen molar-refractivity contribution in [3.05, 3.63) is 53.4 Å². The van der Waals surface area contributed by atoms with Crippen molar-refractivity contribution in [3.63, 3.8) is 0 Å². The molecule has 1 amide bonds. The Morgan fingerprint density at radius 1 is 1.07 bits per heavy atom. The van der Waals surface area contributed by atoms with Gasteiger partial charge < -0.3 is 14.2 Å². The average Bonchev–Trinajstić information content (AvgIpc) is 3.22. The smallest absolute Gasteiger partial charge is 0.257 e. The molecule has 0 aliphatic rings. The molecule has 0 atom stereocenters. The number of benzene rings is 2. The molecule has 0 bridgehead atoms. The van der Waals surface area contributed by atoms with Crippen LogP contribution >= 0.6 is 11.3 Å². The van der Waals surface area contributed by atoms with Crippen molar-refractivity contribution in [2.75, 3.05) is 26.1 Å². The molecule has 3 rings (SSSR count). The number of aromatic nitrogens is 1. The van der Waals surface area contributed by atoms with Gasteiger partial charge in [0.1, 0.15) is 5.75 Å². The minimum atomic E-state index is -0.258. The Bertz CT molecular complexity index is 954. The van der Waals surface area contributed by atoms with Gasteiger partial charge in [-0.25, -0.2) is 4.98 Å². The number of thiazole rings is 1. The van der Waals surface area contributed by atoms with Gasteiger partial charge in [-0.2, -0.15) is 0 Å². The van der Waals surface area contributed by atoms with Crippen molar-refractivity contribution in [1.29, 1.82) is 0 Å². The van der Waals surface area contributed by atoms with Crippen LogP contribution in [0, 0.1) is 0 Å². The van der Waals surface area contributed by atoms with Gasteiger partial charge in [-0.15, -0.1) is 11.3 Å². The summed E-state index contributed by atoms with van der Waals surface area (Å²) in [6.07, 6.45) is 2.14. The van der Waals surface area contributed by atoms with Gasteiger partial charge in [0.15, 0.2) is 16.6 Å². The molecule has 0 aliphatic carbocycles. The van der Waals surface area contributed by atoms with E-state index < -0.39 is 0 Å². The molecule has 0 spiro atoms. The molecule has 152 valence electrons. The zero-order valence-electron chi connectivity index (χ0n) is 16.7. The lowest BCUT2D eigenvalue weighted by molar-refractivity contribution is 0.102. The summed E-state index contributed by atoms with van der Waals surface area (Å²) < 4.78 is 16.1. The molecule has 2 aromatic carbocycles. The van der Waals surface area contributed by atoms with Gasteiger partial charge in [0.25, 0.3) is 5.91 Å². The van der Waals surface area contributed by atoms with Crippen LogP contribution in [0.25, 0.3) is 11.3 Å². The fourth-order valence-corrected chi connectivity index (χ4v) is 3.38. The zero-order chi connectivity index (χ0) is 20.6. The predicted molar refractivity (Wildman–Crippen MR) is 115 cm³/mol. The molecular weight excluding hydrogens is 388 g/mol. The van der Waals surface area contributed by atoms with Crippen LogP contribution in [0.15, 0.2) is 47.8 Å². The third-order valence-corrected chi connectivity index (χ3v) is 5.04. The fourth-order valence-electron chi connectivity index (χ4n) is 2.67. The summed E-state index contributed by atoms with van der Waals surface area (Å²) in [6, 6.07) is 12.8. The molecule has 1 aromatic heterocycles. The number of methoxy groups -OCH3 is 2. The molecule has 0 saturated carbocycles. The van der Waals surface area contributed by atoms with E-state index in [1.165, 1.54) is 18.4 Å². The Morgan fingerprint density at radius 3 is 2.52 bits per heavy atom. The molecule has 0 aliphatic heterocycles. The van der Waals surface area contributed by atoms with Crippen LogP contribution < -0.4 is 19.5 Å². The van der Waals surface area contributed by atoms with E-state index >= 15 is 0 Å². The number of amides is 1. The molecule has 0 saturated heterocycles. The molecule has 0 unspecified atom stereocenters. The number of carbonyl (C=O) groups is 1. The summed E-state index contributed by atoms with van der Waals surface area (Å²) in [4.78, 5) is 17.1. The van der Waals surface area contributed by atoms with Crippen molar-refractivity contribution in [2.45, 2.75) is 19.8 Å². The summed E-state index contributed by atoms with van der Waals surface area (Å²) in [6.45, 7) is 2.86. The van der Waals surface area contributed by atoms with E-state index in [2.05, 4.69) is 17.2 Å². The molecule has 7 heteroatoms. The fraction of sp³-hybridized carbons (Fsp3) is 0.273. The Balaban J connectivity index is 1.66. The van der Waals surface area contributed by atoms with E-state index in [4.69, 9.17) is 14.2 Å². The van der Waals surface area contributed by atoms with Crippen molar-refractivity contribution in [2.24, 2.45) is 0 Å². The Morgan fingerprint density at radius 2 is 1.83 bits per heavy atom. The maximum atomic E-state index is 12.5. The highest BCUT2D eigenvalue weighted by molar-refractivity contribution is 7.14. The van der Waals surface area contributed by atoms with Gasteiger partial charge in [0.05, 0.1) is 26.5 Å². The van der Waals surface area contributed by atoms with Gasteiger partial charge in [-0.3, -0.25) is 10.1 Å². The van der Waals surface area contributed by atoms with Gasteiger partial charge in [-0.05, 0) is 48.9 Å². The third kappa shape index (κ3) is 5.26. The van der Waals surface area contributed by atoms with Crippen molar-refractivity contribution in [3.8, 4) is 28.5 Å². The van der Waals surface area contributed by atoms with Crippen LogP contribution in [0.1, 0.15) is 30.1 Å². The Labute approximate surface area is 174 Å². The number of carbonyl (C=O) groups excluding carboxylic acids is 1. The van der Waals surface area contributed by atoms with E-state index in [1.54, 1.807) is 25.3 Å². The monoisotopic (exact) mass is 412 g/mol. The zero-order valence-corrected chi connectivity index (χ0v) is 17.5. The maximum absolute atomic E-state index is 12.5. The van der Waals surface area contributed by atoms with Crippen LogP contribution in [0.5, 0.6) is 17.2 Å². The molecule has 0 fully saturated rings. The van der Waals surface area contributed by atoms with Crippen molar-refractivity contribution >= 4 is 22.4 Å². The van der Waals surface area contributed by atoms with Crippen molar-refractivity contribution < 1.29 is 19.0 Å². The van der Waals surface area contributed by atoms with Gasteiger partial charge in [0.2, 0.25) is 0 Å². The van der Waals surface area contributed by atoms with Crippen molar-refractivity contribution in [1.82, 2.24) is 4.98 Å². The molecule has 29 heavy (non-hydrogen) atoms. The summed E-state index contributed by atoms with van der Waals surface area (Å²) in [5, 5.41) is 5.27. The topological polar surface area (TPSA) is 69.7 Å². The summed E-state index contributed by atoms with van der Waals surface area (Å²) in [7, 11) is 3.09. The van der Waals surface area contributed by atoms with E-state index in [1.807, 2.05) is 29.6 Å². The first-order valence-corrected chi connectivity index (χ1v) is 10.2. The van der Waals surface area contributed by atoms with Crippen LogP contribution in [-0.4, -0.2) is 31.7 Å². The van der Waals surface area contributed by atoms with Crippen LogP contribution in [0.4, 0.5) is 5.13 Å². The van der Waals surface area contributed by atoms with E-state index in [-0.39, 0.29) is 5.91 Å². The highest BCUT2D eigenvalue weighted by Crippen LogP contribution is 2.29. The maximum Gasteiger partial charge on any atom is 0.257 e. The lowest BCUT2D eigenvalue weighted by Crippen LogP contribution is -2.11. The standard InChI is InChI=1S/C22H24N2O4S/c1-4-5-12-28-17-9-6-15(7-10-17)18-14-29-22(23-18)24-21(25)16-8-11-19(26-2)20(13-16)27-3/h6-11,13-14H,4-5,12H2,1-3H3,(H,23,24,25). The minimum absolute atomic E-state index is 0.258. The number of rotatable bonds is 9. The molecular formula is C22H24N2O4S. The molecule has 1 heterocycles. The molecule has 0 radical (unpaired) electrons. The van der Waals surface area contributed by atoms with Crippen LogP contribution in [0.2, 0.25) is 0 Å². The molecule has 1 N–H and O–H groups in total. The number of hydrogen-bond acceptors (Lipinski definition) is 6. The number of unbranched alkanes of at least 4 members (excludes halogenated alkanes) is 1. The third-order valence-electron chi connectivity index (χ3n) is 4.29. The predicted octanol–water partition coefficient (Wildman–Crippen LogP) is 5.26. The number of anilines is 1. The first kappa shape index (κ1) is 20.7. The van der Waals surface area contributed by atoms with Crippen LogP contribution in [-0.2, 0) is 0 Å². The lowest BCUT2D eigenvalue weighted by Gasteiger charge is -2.09. The second-order valence-corrected chi connectivity index (χ2v) is 7.15.